The van der Waals surface area contributed by atoms with Crippen molar-refractivity contribution in [3.05, 3.63) is 41.0 Å². The van der Waals surface area contributed by atoms with Crippen LogP contribution in [0.15, 0.2) is 35.5 Å². The molecule has 0 amide bonds. The molecule has 0 atom stereocenters. The van der Waals surface area contributed by atoms with Gasteiger partial charge < -0.3 is 0 Å². The Balaban J connectivity index is 2.58. The van der Waals surface area contributed by atoms with Crippen molar-refractivity contribution in [3.63, 3.8) is 0 Å². The predicted molar refractivity (Wildman–Crippen MR) is 60.6 cm³/mol. The molecule has 0 aliphatic carbocycles. The first-order valence-corrected chi connectivity index (χ1v) is 5.00. The molecule has 0 saturated carbocycles. The first-order valence-electron chi connectivity index (χ1n) is 4.18. The molecule has 2 aromatic rings. The minimum absolute atomic E-state index is 0.684. The van der Waals surface area contributed by atoms with Crippen LogP contribution in [0.25, 0.3) is 5.69 Å². The molecule has 2 rings (SSSR count). The quantitative estimate of drug-likeness (QED) is 0.737. The first-order chi connectivity index (χ1) is 6.68. The molecule has 0 N–H and O–H groups in total. The number of rotatable bonds is 1. The Hall–Kier alpha value is -0.930. The fraction of sp³-hybridized carbons (Fsp3) is 0.100. The summed E-state index contributed by atoms with van der Waals surface area (Å²) in [6.07, 6.45) is 1.69. The van der Waals surface area contributed by atoms with E-state index in [0.29, 0.717) is 5.02 Å². The molecule has 4 heteroatoms. The van der Waals surface area contributed by atoms with Crippen LogP contribution in [-0.4, -0.2) is 9.78 Å². The van der Waals surface area contributed by atoms with Crippen LogP contribution in [0.2, 0.25) is 5.02 Å². The molecule has 0 bridgehead atoms. The highest BCUT2D eigenvalue weighted by Crippen LogP contribution is 2.23. The van der Waals surface area contributed by atoms with Crippen molar-refractivity contribution in [2.24, 2.45) is 0 Å². The average molecular weight is 225 g/mol. The Morgan fingerprint density at radius 3 is 2.71 bits per heavy atom. The molecule has 0 aliphatic rings. The van der Waals surface area contributed by atoms with Crippen LogP contribution in [0.4, 0.5) is 0 Å². The fourth-order valence-electron chi connectivity index (χ4n) is 1.27. The van der Waals surface area contributed by atoms with Crippen LogP contribution in [0.5, 0.6) is 0 Å². The van der Waals surface area contributed by atoms with E-state index < -0.39 is 0 Å². The van der Waals surface area contributed by atoms with E-state index in [2.05, 4.69) is 17.7 Å². The molecule has 0 radical (unpaired) electrons. The molecule has 0 unspecified atom stereocenters. The van der Waals surface area contributed by atoms with Gasteiger partial charge in [0, 0.05) is 0 Å². The smallest absolute Gasteiger partial charge is 0.0968 e. The summed E-state index contributed by atoms with van der Waals surface area (Å²) in [5.41, 5.74) is 1.99. The number of aromatic nitrogens is 2. The molecular weight excluding hydrogens is 216 g/mol. The third kappa shape index (κ3) is 1.65. The minimum atomic E-state index is 0.684. The Bertz CT molecular complexity index is 465. The van der Waals surface area contributed by atoms with Gasteiger partial charge in [-0.1, -0.05) is 17.7 Å². The van der Waals surface area contributed by atoms with E-state index in [1.807, 2.05) is 31.2 Å². The van der Waals surface area contributed by atoms with Gasteiger partial charge in [0.25, 0.3) is 0 Å². The highest BCUT2D eigenvalue weighted by atomic mass is 35.5. The second kappa shape index (κ2) is 3.67. The number of benzene rings is 1. The van der Waals surface area contributed by atoms with Crippen molar-refractivity contribution in [2.45, 2.75) is 11.9 Å². The van der Waals surface area contributed by atoms with E-state index >= 15 is 0 Å². The van der Waals surface area contributed by atoms with Crippen LogP contribution in [0.3, 0.4) is 0 Å². The molecule has 1 aromatic heterocycles. The lowest BCUT2D eigenvalue weighted by Gasteiger charge is -2.06. The number of thiol groups is 1. The maximum atomic E-state index is 6.10. The summed E-state index contributed by atoms with van der Waals surface area (Å²) in [5, 5.41) is 5.59. The number of halogens is 1. The van der Waals surface area contributed by atoms with Crippen molar-refractivity contribution in [3.8, 4) is 5.69 Å². The summed E-state index contributed by atoms with van der Waals surface area (Å²) in [6.45, 7) is 2.00. The average Bonchev–Trinajstić information content (AvgIpc) is 2.52. The lowest BCUT2D eigenvalue weighted by atomic mass is 10.2. The van der Waals surface area contributed by atoms with Crippen LogP contribution in [0, 0.1) is 6.92 Å². The predicted octanol–water partition coefficient (Wildman–Crippen LogP) is 3.12. The maximum absolute atomic E-state index is 6.10. The topological polar surface area (TPSA) is 17.8 Å². The molecule has 0 spiro atoms. The normalized spacial score (nSPS) is 10.5. The zero-order valence-electron chi connectivity index (χ0n) is 7.61. The van der Waals surface area contributed by atoms with Crippen molar-refractivity contribution >= 4 is 24.2 Å². The van der Waals surface area contributed by atoms with Crippen molar-refractivity contribution < 1.29 is 0 Å². The zero-order valence-corrected chi connectivity index (χ0v) is 9.26. The molecule has 0 fully saturated rings. The third-order valence-electron chi connectivity index (χ3n) is 1.95. The summed E-state index contributed by atoms with van der Waals surface area (Å²) < 4.78 is 1.70. The van der Waals surface area contributed by atoms with Crippen LogP contribution >= 0.6 is 24.2 Å². The van der Waals surface area contributed by atoms with Gasteiger partial charge in [-0.25, -0.2) is 4.68 Å². The zero-order chi connectivity index (χ0) is 10.1. The number of hydrogen-bond acceptors (Lipinski definition) is 2. The Morgan fingerprint density at radius 2 is 2.14 bits per heavy atom. The van der Waals surface area contributed by atoms with E-state index in [4.69, 9.17) is 11.6 Å². The van der Waals surface area contributed by atoms with Crippen LogP contribution in [-0.2, 0) is 0 Å². The molecule has 72 valence electrons. The monoisotopic (exact) mass is 224 g/mol. The second-order valence-electron chi connectivity index (χ2n) is 3.06. The Morgan fingerprint density at radius 1 is 1.36 bits per heavy atom. The highest BCUT2D eigenvalue weighted by Gasteiger charge is 2.05. The highest BCUT2D eigenvalue weighted by molar-refractivity contribution is 7.80. The summed E-state index contributed by atoms with van der Waals surface area (Å²) in [5.74, 6) is 0. The first kappa shape index (κ1) is 9.62. The summed E-state index contributed by atoms with van der Waals surface area (Å²) in [4.78, 5) is 0. The van der Waals surface area contributed by atoms with Gasteiger partial charge in [-0.05, 0) is 30.7 Å². The van der Waals surface area contributed by atoms with Crippen molar-refractivity contribution in [1.29, 1.82) is 0 Å². The fourth-order valence-corrected chi connectivity index (χ4v) is 1.81. The third-order valence-corrected chi connectivity index (χ3v) is 2.60. The van der Waals surface area contributed by atoms with Gasteiger partial charge in [0.1, 0.15) is 0 Å². The number of hydrogen-bond donors (Lipinski definition) is 1. The van der Waals surface area contributed by atoms with E-state index in [1.165, 1.54) is 0 Å². The van der Waals surface area contributed by atoms with Gasteiger partial charge in [0.15, 0.2) is 0 Å². The molecular formula is C10H9ClN2S. The molecule has 0 saturated heterocycles. The molecule has 1 aromatic carbocycles. The molecule has 1 heterocycles. The van der Waals surface area contributed by atoms with Crippen LogP contribution in [0.1, 0.15) is 5.56 Å². The number of aryl methyl sites for hydroxylation is 1. The van der Waals surface area contributed by atoms with Gasteiger partial charge in [0.2, 0.25) is 0 Å². The van der Waals surface area contributed by atoms with Gasteiger partial charge in [-0.15, -0.1) is 12.6 Å². The SMILES string of the molecule is Cc1ccc(-n2nccc2S)c(Cl)c1. The lowest BCUT2D eigenvalue weighted by Crippen LogP contribution is -1.97. The number of nitrogens with zero attached hydrogens (tertiary/aromatic N) is 2. The van der Waals surface area contributed by atoms with Gasteiger partial charge in [-0.3, -0.25) is 0 Å². The largest absolute Gasteiger partial charge is 0.226 e. The van der Waals surface area contributed by atoms with E-state index in [1.54, 1.807) is 10.9 Å². The molecule has 0 aliphatic heterocycles. The van der Waals surface area contributed by atoms with Gasteiger partial charge in [0.05, 0.1) is 21.9 Å². The second-order valence-corrected chi connectivity index (χ2v) is 3.92. The van der Waals surface area contributed by atoms with Crippen LogP contribution < -0.4 is 0 Å². The van der Waals surface area contributed by atoms with Gasteiger partial charge in [-0.2, -0.15) is 5.10 Å². The van der Waals surface area contributed by atoms with E-state index in [-0.39, 0.29) is 0 Å². The molecule has 2 nitrogen and oxygen atoms in total. The maximum Gasteiger partial charge on any atom is 0.0968 e. The van der Waals surface area contributed by atoms with Crippen molar-refractivity contribution in [1.82, 2.24) is 9.78 Å². The van der Waals surface area contributed by atoms with Crippen molar-refractivity contribution in [2.75, 3.05) is 0 Å². The van der Waals surface area contributed by atoms with Gasteiger partial charge >= 0.3 is 0 Å². The lowest BCUT2D eigenvalue weighted by molar-refractivity contribution is 0.806. The summed E-state index contributed by atoms with van der Waals surface area (Å²) in [7, 11) is 0. The van der Waals surface area contributed by atoms with E-state index in [9.17, 15) is 0 Å². The summed E-state index contributed by atoms with van der Waals surface area (Å²) in [6, 6.07) is 7.66. The Kier molecular flexibility index (Phi) is 2.52. The van der Waals surface area contributed by atoms with E-state index in [0.717, 1.165) is 16.3 Å². The molecule has 14 heavy (non-hydrogen) atoms. The Labute approximate surface area is 92.9 Å². The standard InChI is InChI=1S/C10H9ClN2S/c1-7-2-3-9(8(11)6-7)13-10(14)4-5-12-13/h2-6,14H,1H3. The minimum Gasteiger partial charge on any atom is -0.226 e. The summed E-state index contributed by atoms with van der Waals surface area (Å²) >= 11 is 10.4.